The van der Waals surface area contributed by atoms with Crippen LogP contribution in [0.1, 0.15) is 34.6 Å². The monoisotopic (exact) mass is 438 g/mol. The van der Waals surface area contributed by atoms with E-state index in [1.54, 1.807) is 0 Å². The topological polar surface area (TPSA) is 71.0 Å². The van der Waals surface area contributed by atoms with E-state index in [4.69, 9.17) is 14.6 Å². The normalized spacial score (nSPS) is 15.9. The minimum atomic E-state index is -0.939. The third kappa shape index (κ3) is 7.30. The zero-order chi connectivity index (χ0) is 21.3. The summed E-state index contributed by atoms with van der Waals surface area (Å²) in [6, 6.07) is 16.2. The van der Waals surface area contributed by atoms with Gasteiger partial charge in [0.1, 0.15) is 11.9 Å². The Balaban J connectivity index is 0.00000341. The van der Waals surface area contributed by atoms with E-state index >= 15 is 0 Å². The van der Waals surface area contributed by atoms with Crippen molar-refractivity contribution in [1.82, 2.24) is 0 Å². The Kier molecular flexibility index (Phi) is 10.4. The number of para-hydroxylation sites is 2. The molecular weight excluding hydrogens is 405 g/mol. The standard InChI is InChI=1S/C24H32N2O4.Mg.2H/c1-3-7-20-17-26(21-8-4-5-9-22(21)30-20)15-6-14-25-19-12-10-18(11-13-19)16-23(29-2)24(27)28;;;/h4-5,8-13,20,23,25H,3,6-7,14-17H2,1-2H3,(H,27,28);;;/q;+2;2*-1. The molecule has 0 radical (unpaired) electrons. The van der Waals surface area contributed by atoms with E-state index in [-0.39, 0.29) is 32.0 Å². The van der Waals surface area contributed by atoms with Crippen molar-refractivity contribution >= 4 is 40.4 Å². The number of fused-ring (bicyclic) bond motifs is 1. The molecule has 0 aliphatic carbocycles. The molecule has 1 aliphatic rings. The summed E-state index contributed by atoms with van der Waals surface area (Å²) in [5.74, 6) is 0.0482. The van der Waals surface area contributed by atoms with Crippen molar-refractivity contribution in [3.63, 3.8) is 0 Å². The molecule has 166 valence electrons. The van der Waals surface area contributed by atoms with Crippen LogP contribution >= 0.6 is 0 Å². The fourth-order valence-corrected chi connectivity index (χ4v) is 3.81. The number of nitrogens with one attached hydrogen (secondary N) is 1. The second kappa shape index (κ2) is 12.8. The summed E-state index contributed by atoms with van der Waals surface area (Å²) in [7, 11) is 1.42. The Morgan fingerprint density at radius 2 is 2.03 bits per heavy atom. The predicted octanol–water partition coefficient (Wildman–Crippen LogP) is 4.04. The van der Waals surface area contributed by atoms with Gasteiger partial charge in [0.2, 0.25) is 0 Å². The number of aliphatic carboxylic acids is 1. The van der Waals surface area contributed by atoms with Gasteiger partial charge in [0.05, 0.1) is 12.2 Å². The molecule has 31 heavy (non-hydrogen) atoms. The number of benzene rings is 2. The van der Waals surface area contributed by atoms with Gasteiger partial charge < -0.3 is 27.7 Å². The first-order chi connectivity index (χ1) is 14.6. The number of hydrogen-bond acceptors (Lipinski definition) is 5. The maximum atomic E-state index is 11.1. The number of carboxylic acid groups (broad SMARTS) is 1. The smallest absolute Gasteiger partial charge is 1.00 e. The van der Waals surface area contributed by atoms with Crippen LogP contribution in [0.2, 0.25) is 0 Å². The molecule has 3 rings (SSSR count). The van der Waals surface area contributed by atoms with E-state index in [0.717, 1.165) is 55.9 Å². The Labute approximate surface area is 204 Å². The maximum Gasteiger partial charge on any atom is 2.00 e. The molecule has 2 N–H and O–H groups in total. The van der Waals surface area contributed by atoms with Crippen molar-refractivity contribution in [2.75, 3.05) is 37.0 Å². The molecule has 2 atom stereocenters. The number of carboxylic acids is 1. The first-order valence-electron chi connectivity index (χ1n) is 10.7. The second-order valence-corrected chi connectivity index (χ2v) is 7.69. The van der Waals surface area contributed by atoms with Crippen LogP contribution in [0.4, 0.5) is 11.4 Å². The van der Waals surface area contributed by atoms with Gasteiger partial charge >= 0.3 is 29.0 Å². The van der Waals surface area contributed by atoms with Crippen LogP contribution in [-0.4, -0.2) is 73.1 Å². The largest absolute Gasteiger partial charge is 2.00 e. The molecule has 1 aliphatic heterocycles. The average Bonchev–Trinajstić information content (AvgIpc) is 2.76. The van der Waals surface area contributed by atoms with Gasteiger partial charge in [-0.2, -0.15) is 0 Å². The first kappa shape index (κ1) is 25.3. The van der Waals surface area contributed by atoms with E-state index in [2.05, 4.69) is 35.3 Å². The maximum absolute atomic E-state index is 11.1. The van der Waals surface area contributed by atoms with Crippen LogP contribution in [0.15, 0.2) is 48.5 Å². The molecule has 2 unspecified atom stereocenters. The number of anilines is 2. The van der Waals surface area contributed by atoms with Crippen molar-refractivity contribution in [1.29, 1.82) is 0 Å². The van der Waals surface area contributed by atoms with Crippen molar-refractivity contribution in [3.05, 3.63) is 54.1 Å². The SMILES string of the molecule is CCCC1CN(CCCNc2ccc(CC(OC)C(=O)O)cc2)c2ccccc2O1.[H-].[H-].[Mg+2]. The van der Waals surface area contributed by atoms with Crippen LogP contribution in [0.5, 0.6) is 5.75 Å². The summed E-state index contributed by atoms with van der Waals surface area (Å²) in [4.78, 5) is 13.5. The fourth-order valence-electron chi connectivity index (χ4n) is 3.81. The minimum Gasteiger partial charge on any atom is -1.00 e. The number of hydrogen-bond donors (Lipinski definition) is 2. The number of ether oxygens (including phenoxy) is 2. The number of rotatable bonds is 11. The van der Waals surface area contributed by atoms with Gasteiger partial charge in [-0.25, -0.2) is 4.79 Å². The molecule has 2 aromatic rings. The van der Waals surface area contributed by atoms with Gasteiger partial charge in [-0.3, -0.25) is 0 Å². The van der Waals surface area contributed by atoms with E-state index < -0.39 is 12.1 Å². The number of carbonyl (C=O) groups is 1. The van der Waals surface area contributed by atoms with Crippen LogP contribution in [0, 0.1) is 0 Å². The molecule has 0 spiro atoms. The fraction of sp³-hybridized carbons (Fsp3) is 0.458. The van der Waals surface area contributed by atoms with Gasteiger partial charge in [0.25, 0.3) is 0 Å². The Morgan fingerprint density at radius 3 is 2.71 bits per heavy atom. The third-order valence-electron chi connectivity index (χ3n) is 5.40. The molecule has 2 aromatic carbocycles. The molecule has 0 aromatic heterocycles. The zero-order valence-electron chi connectivity index (χ0n) is 20.5. The molecule has 0 fully saturated rings. The third-order valence-corrected chi connectivity index (χ3v) is 5.40. The second-order valence-electron chi connectivity index (χ2n) is 7.69. The van der Waals surface area contributed by atoms with Gasteiger partial charge in [0, 0.05) is 32.3 Å². The minimum absolute atomic E-state index is 0. The van der Waals surface area contributed by atoms with Crippen LogP contribution in [-0.2, 0) is 16.0 Å². The number of nitrogens with zero attached hydrogens (tertiary/aromatic N) is 1. The van der Waals surface area contributed by atoms with Gasteiger partial charge in [0.15, 0.2) is 6.10 Å². The predicted molar refractivity (Wildman–Crippen MR) is 128 cm³/mol. The molecule has 0 saturated carbocycles. The molecule has 6 nitrogen and oxygen atoms in total. The van der Waals surface area contributed by atoms with Crippen molar-refractivity contribution in [3.8, 4) is 5.75 Å². The van der Waals surface area contributed by atoms with Crippen LogP contribution in [0.25, 0.3) is 0 Å². The number of methoxy groups -OCH3 is 1. The molecule has 7 heteroatoms. The average molecular weight is 439 g/mol. The Morgan fingerprint density at radius 1 is 1.29 bits per heavy atom. The van der Waals surface area contributed by atoms with E-state index in [1.807, 2.05) is 30.3 Å². The van der Waals surface area contributed by atoms with Gasteiger partial charge in [-0.15, -0.1) is 0 Å². The molecular formula is C24H34MgN2O4. The summed E-state index contributed by atoms with van der Waals surface area (Å²) >= 11 is 0. The Hall–Kier alpha value is -1.96. The Bertz CT molecular complexity index is 826. The quantitative estimate of drug-likeness (QED) is 0.407. The van der Waals surface area contributed by atoms with E-state index in [9.17, 15) is 4.79 Å². The van der Waals surface area contributed by atoms with E-state index in [0.29, 0.717) is 6.42 Å². The summed E-state index contributed by atoms with van der Waals surface area (Å²) in [6.07, 6.45) is 3.02. The van der Waals surface area contributed by atoms with Crippen molar-refractivity contribution < 1.29 is 22.2 Å². The zero-order valence-corrected chi connectivity index (χ0v) is 20.0. The molecule has 0 saturated heterocycles. The molecule has 0 bridgehead atoms. The van der Waals surface area contributed by atoms with Crippen LogP contribution < -0.4 is 15.0 Å². The first-order valence-corrected chi connectivity index (χ1v) is 10.7. The molecule has 1 heterocycles. The van der Waals surface area contributed by atoms with E-state index in [1.165, 1.54) is 12.8 Å². The summed E-state index contributed by atoms with van der Waals surface area (Å²) < 4.78 is 11.1. The van der Waals surface area contributed by atoms with Crippen molar-refractivity contribution in [2.45, 2.75) is 44.8 Å². The molecule has 0 amide bonds. The van der Waals surface area contributed by atoms with Gasteiger partial charge in [-0.1, -0.05) is 37.6 Å². The summed E-state index contributed by atoms with van der Waals surface area (Å²) in [6.45, 7) is 4.97. The van der Waals surface area contributed by atoms with Crippen LogP contribution in [0.3, 0.4) is 0 Å². The van der Waals surface area contributed by atoms with Crippen molar-refractivity contribution in [2.24, 2.45) is 0 Å². The van der Waals surface area contributed by atoms with Gasteiger partial charge in [-0.05, 0) is 42.7 Å². The summed E-state index contributed by atoms with van der Waals surface area (Å²) in [5, 5.41) is 12.6. The summed E-state index contributed by atoms with van der Waals surface area (Å²) in [5.41, 5.74) is 3.16.